The van der Waals surface area contributed by atoms with Gasteiger partial charge in [0.25, 0.3) is 0 Å². The molecule has 0 amide bonds. The van der Waals surface area contributed by atoms with Gasteiger partial charge in [0.05, 0.1) is 0 Å². The maximum Gasteiger partial charge on any atom is 0.864 e. The average Bonchev–Trinajstić information content (AvgIpc) is 2.90. The van der Waals surface area contributed by atoms with Crippen LogP contribution in [-0.2, 0) is 38.5 Å². The molecule has 0 aliphatic heterocycles. The second-order valence-corrected chi connectivity index (χ2v) is 9.78. The van der Waals surface area contributed by atoms with Crippen LogP contribution in [0.3, 0.4) is 0 Å². The van der Waals surface area contributed by atoms with E-state index in [1.54, 1.807) is 0 Å². The van der Waals surface area contributed by atoms with Crippen molar-refractivity contribution in [2.75, 3.05) is 0 Å². The molecule has 0 unspecified atom stereocenters. The van der Waals surface area contributed by atoms with Crippen molar-refractivity contribution in [3.8, 4) is 17.2 Å². The standard InChI is InChI=1S/C33H45BO3/c1-10-25-22(7)16-19-31(28(25)13-4)35-34(36-32-20-17-23(8)26(11-2)29(32)14-5)37-33-21-18-24(9)27(12-3)30(33)15-6/h16-21H,10-15H2,1-9H3. The molecule has 0 aliphatic carbocycles. The van der Waals surface area contributed by atoms with Crippen molar-refractivity contribution in [3.05, 3.63) is 86.5 Å². The van der Waals surface area contributed by atoms with E-state index in [2.05, 4.69) is 98.7 Å². The maximum atomic E-state index is 6.60. The van der Waals surface area contributed by atoms with Crippen LogP contribution in [0.5, 0.6) is 17.2 Å². The molecule has 3 aromatic rings. The highest BCUT2D eigenvalue weighted by Crippen LogP contribution is 2.32. The molecule has 3 nitrogen and oxygen atoms in total. The molecule has 0 N–H and O–H groups in total. The van der Waals surface area contributed by atoms with E-state index in [0.717, 1.165) is 55.8 Å². The summed E-state index contributed by atoms with van der Waals surface area (Å²) in [4.78, 5) is 0. The van der Waals surface area contributed by atoms with Crippen LogP contribution in [0.2, 0.25) is 0 Å². The second kappa shape index (κ2) is 13.1. The zero-order chi connectivity index (χ0) is 27.1. The Morgan fingerprint density at radius 1 is 0.405 bits per heavy atom. The van der Waals surface area contributed by atoms with Crippen LogP contribution in [0, 0.1) is 20.8 Å². The van der Waals surface area contributed by atoms with Crippen molar-refractivity contribution >= 4 is 7.32 Å². The number of rotatable bonds is 12. The van der Waals surface area contributed by atoms with Gasteiger partial charge in [0.1, 0.15) is 17.2 Å². The fourth-order valence-electron chi connectivity index (χ4n) is 5.72. The molecule has 3 aromatic carbocycles. The molecular weight excluding hydrogens is 455 g/mol. The monoisotopic (exact) mass is 500 g/mol. The molecule has 0 heterocycles. The van der Waals surface area contributed by atoms with E-state index in [9.17, 15) is 0 Å². The average molecular weight is 501 g/mol. The van der Waals surface area contributed by atoms with E-state index >= 15 is 0 Å². The molecule has 0 fully saturated rings. The Morgan fingerprint density at radius 2 is 0.649 bits per heavy atom. The quantitative estimate of drug-likeness (QED) is 0.233. The van der Waals surface area contributed by atoms with Crippen LogP contribution >= 0.6 is 0 Å². The third-order valence-electron chi connectivity index (χ3n) is 7.66. The van der Waals surface area contributed by atoms with E-state index in [-0.39, 0.29) is 0 Å². The lowest BCUT2D eigenvalue weighted by Gasteiger charge is -2.24. The fourth-order valence-corrected chi connectivity index (χ4v) is 5.72. The number of hydrogen-bond donors (Lipinski definition) is 0. The summed E-state index contributed by atoms with van der Waals surface area (Å²) in [6.45, 7) is 19.7. The van der Waals surface area contributed by atoms with E-state index in [4.69, 9.17) is 14.0 Å². The summed E-state index contributed by atoms with van der Waals surface area (Å²) in [5, 5.41) is 0. The minimum absolute atomic E-state index is 0.830. The van der Waals surface area contributed by atoms with Gasteiger partial charge in [0.15, 0.2) is 0 Å². The second-order valence-electron chi connectivity index (χ2n) is 9.78. The van der Waals surface area contributed by atoms with Crippen LogP contribution in [0.25, 0.3) is 0 Å². The Hall–Kier alpha value is -2.88. The molecule has 0 atom stereocenters. The molecule has 0 spiro atoms. The molecular formula is C33H45BO3. The summed E-state index contributed by atoms with van der Waals surface area (Å²) in [6, 6.07) is 12.6. The first-order valence-corrected chi connectivity index (χ1v) is 14.2. The van der Waals surface area contributed by atoms with Gasteiger partial charge >= 0.3 is 7.32 Å². The van der Waals surface area contributed by atoms with Gasteiger partial charge < -0.3 is 14.0 Å². The van der Waals surface area contributed by atoms with E-state index in [0.29, 0.717) is 0 Å². The Kier molecular flexibility index (Phi) is 10.1. The van der Waals surface area contributed by atoms with Crippen LogP contribution in [0.1, 0.15) is 91.6 Å². The van der Waals surface area contributed by atoms with Gasteiger partial charge in [-0.15, -0.1) is 0 Å². The van der Waals surface area contributed by atoms with Crippen molar-refractivity contribution in [1.29, 1.82) is 0 Å². The molecule has 0 aliphatic rings. The first kappa shape index (κ1) is 28.7. The minimum Gasteiger partial charge on any atom is -0.489 e. The molecule has 198 valence electrons. The molecule has 37 heavy (non-hydrogen) atoms. The third-order valence-corrected chi connectivity index (χ3v) is 7.66. The highest BCUT2D eigenvalue weighted by atomic mass is 16.7. The lowest BCUT2D eigenvalue weighted by atomic mass is 9.95. The van der Waals surface area contributed by atoms with Crippen molar-refractivity contribution in [2.24, 2.45) is 0 Å². The summed E-state index contributed by atoms with van der Waals surface area (Å²) in [5.74, 6) is 2.49. The molecule has 0 saturated carbocycles. The number of benzene rings is 3. The Balaban J connectivity index is 2.10. The van der Waals surface area contributed by atoms with Gasteiger partial charge in [-0.1, -0.05) is 59.7 Å². The van der Waals surface area contributed by atoms with Crippen LogP contribution in [0.15, 0.2) is 36.4 Å². The highest BCUT2D eigenvalue weighted by Gasteiger charge is 2.33. The molecule has 0 saturated heterocycles. The Bertz CT molecular complexity index is 1060. The van der Waals surface area contributed by atoms with Gasteiger partial charge in [-0.3, -0.25) is 0 Å². The van der Waals surface area contributed by atoms with Crippen molar-refractivity contribution in [2.45, 2.75) is 101 Å². The molecule has 3 rings (SSSR count). The zero-order valence-electron chi connectivity index (χ0n) is 24.5. The Labute approximate surface area is 225 Å². The lowest BCUT2D eigenvalue weighted by Crippen LogP contribution is -2.38. The summed E-state index contributed by atoms with van der Waals surface area (Å²) < 4.78 is 19.8. The maximum absolute atomic E-state index is 6.60. The molecule has 0 aromatic heterocycles. The van der Waals surface area contributed by atoms with Crippen LogP contribution in [0.4, 0.5) is 0 Å². The summed E-state index contributed by atoms with van der Waals surface area (Å²) >= 11 is 0. The number of hydrogen-bond acceptors (Lipinski definition) is 3. The smallest absolute Gasteiger partial charge is 0.489 e. The number of aryl methyl sites for hydroxylation is 3. The predicted octanol–water partition coefficient (Wildman–Crippen LogP) is 8.51. The SMILES string of the molecule is CCc1c(C)ccc(OB(Oc2ccc(C)c(CC)c2CC)Oc2ccc(C)c(CC)c2CC)c1CC. The summed E-state index contributed by atoms with van der Waals surface area (Å²) in [5.41, 5.74) is 11.6. The van der Waals surface area contributed by atoms with E-state index < -0.39 is 7.32 Å². The van der Waals surface area contributed by atoms with Gasteiger partial charge in [-0.05, 0) is 128 Å². The zero-order valence-corrected chi connectivity index (χ0v) is 24.5. The predicted molar refractivity (Wildman–Crippen MR) is 157 cm³/mol. The van der Waals surface area contributed by atoms with Crippen molar-refractivity contribution in [1.82, 2.24) is 0 Å². The van der Waals surface area contributed by atoms with Crippen molar-refractivity contribution in [3.63, 3.8) is 0 Å². The normalized spacial score (nSPS) is 10.9. The topological polar surface area (TPSA) is 27.7 Å². The largest absolute Gasteiger partial charge is 0.864 e. The van der Waals surface area contributed by atoms with Gasteiger partial charge in [-0.2, -0.15) is 0 Å². The van der Waals surface area contributed by atoms with Gasteiger partial charge in [0, 0.05) is 0 Å². The lowest BCUT2D eigenvalue weighted by molar-refractivity contribution is 0.303. The summed E-state index contributed by atoms with van der Waals surface area (Å²) in [7, 11) is -0.909. The van der Waals surface area contributed by atoms with Crippen LogP contribution in [-0.4, -0.2) is 7.32 Å². The molecule has 4 heteroatoms. The molecule has 0 radical (unpaired) electrons. The van der Waals surface area contributed by atoms with E-state index in [1.165, 1.54) is 50.1 Å². The highest BCUT2D eigenvalue weighted by molar-refractivity contribution is 6.39. The minimum atomic E-state index is -0.909. The van der Waals surface area contributed by atoms with Crippen LogP contribution < -0.4 is 14.0 Å². The first-order chi connectivity index (χ1) is 17.8. The van der Waals surface area contributed by atoms with Gasteiger partial charge in [0.2, 0.25) is 0 Å². The first-order valence-electron chi connectivity index (χ1n) is 14.2. The Morgan fingerprint density at radius 3 is 0.865 bits per heavy atom. The van der Waals surface area contributed by atoms with E-state index in [1.807, 2.05) is 0 Å². The fraction of sp³-hybridized carbons (Fsp3) is 0.455. The molecule has 0 bridgehead atoms. The summed E-state index contributed by atoms with van der Waals surface area (Å²) in [6.07, 6.45) is 5.57. The van der Waals surface area contributed by atoms with Crippen molar-refractivity contribution < 1.29 is 14.0 Å². The third kappa shape index (κ3) is 6.17. The van der Waals surface area contributed by atoms with Gasteiger partial charge in [-0.25, -0.2) is 0 Å².